The van der Waals surface area contributed by atoms with Crippen LogP contribution in [0.4, 0.5) is 0 Å². The van der Waals surface area contributed by atoms with E-state index in [0.29, 0.717) is 0 Å². The molecule has 1 aliphatic rings. The smallest absolute Gasteiger partial charge is 0.107 e. The number of benzene rings is 1. The van der Waals surface area contributed by atoms with Gasteiger partial charge in [0.15, 0.2) is 0 Å². The van der Waals surface area contributed by atoms with E-state index in [-0.39, 0.29) is 4.75 Å². The molecule has 0 radical (unpaired) electrons. The summed E-state index contributed by atoms with van der Waals surface area (Å²) in [4.78, 5) is 1.19. The van der Waals surface area contributed by atoms with Gasteiger partial charge in [-0.2, -0.15) is 5.26 Å². The molecule has 1 aromatic carbocycles. The molecule has 1 fully saturated rings. The fourth-order valence-electron chi connectivity index (χ4n) is 2.22. The van der Waals surface area contributed by atoms with Crippen LogP contribution in [-0.4, -0.2) is 4.75 Å². The average molecular weight is 310 g/mol. The maximum atomic E-state index is 9.48. The molecule has 0 atom stereocenters. The molecule has 0 bridgehead atoms. The van der Waals surface area contributed by atoms with Crippen LogP contribution in [0, 0.1) is 17.2 Å². The highest BCUT2D eigenvalue weighted by Crippen LogP contribution is 2.45. The molecule has 1 saturated carbocycles. The lowest BCUT2D eigenvalue weighted by molar-refractivity contribution is 0.358. The van der Waals surface area contributed by atoms with Crippen molar-refractivity contribution in [1.29, 1.82) is 5.26 Å². The van der Waals surface area contributed by atoms with E-state index in [1.54, 1.807) is 11.8 Å². The molecule has 0 spiro atoms. The normalized spacial score (nSPS) is 28.6. The Bertz CT molecular complexity index is 430. The van der Waals surface area contributed by atoms with E-state index >= 15 is 0 Å². The van der Waals surface area contributed by atoms with Crippen molar-refractivity contribution in [2.45, 2.75) is 42.2 Å². The van der Waals surface area contributed by atoms with Gasteiger partial charge in [0.1, 0.15) is 4.75 Å². The number of rotatable bonds is 2. The fraction of sp³-hybridized carbons (Fsp3) is 0.500. The molecule has 0 heterocycles. The summed E-state index contributed by atoms with van der Waals surface area (Å²) in [6, 6.07) is 10.8. The number of hydrogen-bond acceptors (Lipinski definition) is 2. The summed E-state index contributed by atoms with van der Waals surface area (Å²) in [7, 11) is 0. The summed E-state index contributed by atoms with van der Waals surface area (Å²) in [6.45, 7) is 2.28. The molecule has 17 heavy (non-hydrogen) atoms. The topological polar surface area (TPSA) is 23.8 Å². The summed E-state index contributed by atoms with van der Waals surface area (Å²) >= 11 is 5.22. The predicted molar refractivity (Wildman–Crippen MR) is 76.0 cm³/mol. The number of nitriles is 1. The summed E-state index contributed by atoms with van der Waals surface area (Å²) in [6.07, 6.45) is 4.38. The third-order valence-corrected chi connectivity index (χ3v) is 5.27. The Labute approximate surface area is 116 Å². The first-order chi connectivity index (χ1) is 8.13. The van der Waals surface area contributed by atoms with Gasteiger partial charge in [-0.3, -0.25) is 0 Å². The van der Waals surface area contributed by atoms with Crippen molar-refractivity contribution in [2.75, 3.05) is 0 Å². The van der Waals surface area contributed by atoms with Crippen LogP contribution in [0.3, 0.4) is 0 Å². The first kappa shape index (κ1) is 13.0. The Kier molecular flexibility index (Phi) is 4.17. The average Bonchev–Trinajstić information content (AvgIpc) is 2.33. The van der Waals surface area contributed by atoms with Gasteiger partial charge in [-0.25, -0.2) is 0 Å². The van der Waals surface area contributed by atoms with Gasteiger partial charge >= 0.3 is 0 Å². The summed E-state index contributed by atoms with van der Waals surface area (Å²) in [5, 5.41) is 9.48. The molecule has 0 unspecified atom stereocenters. The van der Waals surface area contributed by atoms with Crippen LogP contribution < -0.4 is 0 Å². The van der Waals surface area contributed by atoms with E-state index in [2.05, 4.69) is 41.1 Å². The van der Waals surface area contributed by atoms with Crippen LogP contribution in [0.5, 0.6) is 0 Å². The Balaban J connectivity index is 2.13. The second kappa shape index (κ2) is 5.46. The first-order valence-corrected chi connectivity index (χ1v) is 7.60. The highest BCUT2D eigenvalue weighted by Gasteiger charge is 2.35. The van der Waals surface area contributed by atoms with Gasteiger partial charge < -0.3 is 0 Å². The standard InChI is InChI=1S/C14H16BrNS/c1-11-5-7-14(10-16,8-6-11)17-13-4-2-3-12(15)9-13/h2-4,9,11H,5-8H2,1H3. The maximum Gasteiger partial charge on any atom is 0.107 e. The van der Waals surface area contributed by atoms with Crippen LogP contribution in [0.1, 0.15) is 32.6 Å². The molecule has 90 valence electrons. The van der Waals surface area contributed by atoms with E-state index in [1.807, 2.05) is 12.1 Å². The monoisotopic (exact) mass is 309 g/mol. The van der Waals surface area contributed by atoms with E-state index in [0.717, 1.165) is 23.2 Å². The van der Waals surface area contributed by atoms with Crippen molar-refractivity contribution in [3.05, 3.63) is 28.7 Å². The Morgan fingerprint density at radius 2 is 2.12 bits per heavy atom. The summed E-state index contributed by atoms with van der Waals surface area (Å²) in [5.74, 6) is 0.777. The van der Waals surface area contributed by atoms with Gasteiger partial charge in [0.2, 0.25) is 0 Å². The van der Waals surface area contributed by atoms with Crippen molar-refractivity contribution >= 4 is 27.7 Å². The van der Waals surface area contributed by atoms with Gasteiger partial charge in [0, 0.05) is 9.37 Å². The highest BCUT2D eigenvalue weighted by molar-refractivity contribution is 9.10. The Morgan fingerprint density at radius 1 is 1.41 bits per heavy atom. The second-order valence-electron chi connectivity index (χ2n) is 4.85. The lowest BCUT2D eigenvalue weighted by atomic mass is 9.83. The molecule has 0 amide bonds. The third-order valence-electron chi connectivity index (χ3n) is 3.40. The van der Waals surface area contributed by atoms with Crippen molar-refractivity contribution in [3.8, 4) is 6.07 Å². The van der Waals surface area contributed by atoms with Crippen molar-refractivity contribution < 1.29 is 0 Å². The number of halogens is 1. The zero-order chi connectivity index (χ0) is 12.3. The molecule has 1 aliphatic carbocycles. The van der Waals surface area contributed by atoms with Crippen molar-refractivity contribution in [3.63, 3.8) is 0 Å². The van der Waals surface area contributed by atoms with Crippen molar-refractivity contribution in [2.24, 2.45) is 5.92 Å². The summed E-state index contributed by atoms with van der Waals surface area (Å²) < 4.78 is 0.882. The van der Waals surface area contributed by atoms with E-state index in [4.69, 9.17) is 0 Å². The van der Waals surface area contributed by atoms with E-state index in [1.165, 1.54) is 17.7 Å². The van der Waals surface area contributed by atoms with Crippen LogP contribution in [-0.2, 0) is 0 Å². The second-order valence-corrected chi connectivity index (χ2v) is 7.22. The number of hydrogen-bond donors (Lipinski definition) is 0. The van der Waals surface area contributed by atoms with Crippen LogP contribution >= 0.6 is 27.7 Å². The largest absolute Gasteiger partial charge is 0.197 e. The molecule has 0 aromatic heterocycles. The third kappa shape index (κ3) is 3.26. The lowest BCUT2D eigenvalue weighted by Gasteiger charge is -2.33. The lowest BCUT2D eigenvalue weighted by Crippen LogP contribution is -2.28. The van der Waals surface area contributed by atoms with Crippen molar-refractivity contribution in [1.82, 2.24) is 0 Å². The quantitative estimate of drug-likeness (QED) is 0.766. The zero-order valence-corrected chi connectivity index (χ0v) is 12.4. The molecule has 1 aromatic rings. The van der Waals surface area contributed by atoms with Gasteiger partial charge in [0.25, 0.3) is 0 Å². The molecule has 1 nitrogen and oxygen atoms in total. The number of thioether (sulfide) groups is 1. The summed E-state index contributed by atoms with van der Waals surface area (Å²) in [5.41, 5.74) is 0. The molecule has 2 rings (SSSR count). The van der Waals surface area contributed by atoms with Crippen LogP contribution in [0.25, 0.3) is 0 Å². The van der Waals surface area contributed by atoms with E-state index in [9.17, 15) is 5.26 Å². The Hall–Kier alpha value is -0.460. The minimum atomic E-state index is -0.201. The Morgan fingerprint density at radius 3 is 2.71 bits per heavy atom. The first-order valence-electron chi connectivity index (χ1n) is 5.99. The van der Waals surface area contributed by atoms with Gasteiger partial charge in [-0.05, 0) is 49.8 Å². The molecule has 0 aliphatic heterocycles. The van der Waals surface area contributed by atoms with Gasteiger partial charge in [0.05, 0.1) is 6.07 Å². The van der Waals surface area contributed by atoms with Crippen LogP contribution in [0.15, 0.2) is 33.6 Å². The van der Waals surface area contributed by atoms with E-state index < -0.39 is 0 Å². The highest BCUT2D eigenvalue weighted by atomic mass is 79.9. The fourth-order valence-corrected chi connectivity index (χ4v) is 4.04. The molecule has 3 heteroatoms. The van der Waals surface area contributed by atoms with Crippen LogP contribution in [0.2, 0.25) is 0 Å². The molecular weight excluding hydrogens is 294 g/mol. The zero-order valence-electron chi connectivity index (χ0n) is 9.95. The minimum Gasteiger partial charge on any atom is -0.197 e. The van der Waals surface area contributed by atoms with Gasteiger partial charge in [-0.1, -0.05) is 28.9 Å². The molecular formula is C14H16BrNS. The SMILES string of the molecule is CC1CCC(C#N)(Sc2cccc(Br)c2)CC1. The van der Waals surface area contributed by atoms with Gasteiger partial charge in [-0.15, -0.1) is 11.8 Å². The number of nitrogens with zero attached hydrogens (tertiary/aromatic N) is 1. The minimum absolute atomic E-state index is 0.201. The molecule has 0 saturated heterocycles. The maximum absolute atomic E-state index is 9.48. The molecule has 0 N–H and O–H groups in total. The predicted octanol–water partition coefficient (Wildman–Crippen LogP) is 5.01.